The first-order chi connectivity index (χ1) is 16.0. The number of fused-ring (bicyclic) bond motifs is 1. The first-order valence-electron chi connectivity index (χ1n) is 11.6. The number of alkyl carbamates (subject to hydrolysis) is 1. The smallest absolute Gasteiger partial charge is 0.411 e. The van der Waals surface area contributed by atoms with Crippen molar-refractivity contribution >= 4 is 28.3 Å². The van der Waals surface area contributed by atoms with E-state index in [1.807, 2.05) is 38.1 Å². The van der Waals surface area contributed by atoms with Crippen LogP contribution in [0, 0.1) is 0 Å². The lowest BCUT2D eigenvalue weighted by molar-refractivity contribution is 0.0322. The van der Waals surface area contributed by atoms with Gasteiger partial charge < -0.3 is 24.5 Å². The number of nitrogens with two attached hydrogens (primary N) is 1. The number of nitrogens with one attached hydrogen (secondary N) is 1. The van der Waals surface area contributed by atoms with Crippen molar-refractivity contribution in [1.29, 1.82) is 0 Å². The van der Waals surface area contributed by atoms with E-state index in [-0.39, 0.29) is 0 Å². The minimum atomic E-state index is -0.468. The number of aryl methyl sites for hydroxylation is 1. The molecule has 8 heteroatoms. The monoisotopic (exact) mass is 456 g/mol. The van der Waals surface area contributed by atoms with E-state index in [0.717, 1.165) is 67.3 Å². The third-order valence-electron chi connectivity index (χ3n) is 5.70. The topological polar surface area (TPSA) is 91.0 Å². The second-order valence-corrected chi connectivity index (χ2v) is 7.90. The number of amides is 1. The summed E-state index contributed by atoms with van der Waals surface area (Å²) in [7, 11) is 0. The van der Waals surface area contributed by atoms with E-state index in [2.05, 4.69) is 27.8 Å². The number of morpholine rings is 1. The quantitative estimate of drug-likeness (QED) is 0.554. The van der Waals surface area contributed by atoms with E-state index in [9.17, 15) is 4.79 Å². The molecule has 0 atom stereocenters. The molecule has 1 saturated heterocycles. The maximum absolute atomic E-state index is 11.8. The molecular weight excluding hydrogens is 420 g/mol. The Kier molecular flexibility index (Phi) is 8.79. The Morgan fingerprint density at radius 2 is 2.03 bits per heavy atom. The van der Waals surface area contributed by atoms with Crippen molar-refractivity contribution in [3.63, 3.8) is 0 Å². The number of aromatic nitrogens is 1. The van der Waals surface area contributed by atoms with Crippen LogP contribution in [0.2, 0.25) is 0 Å². The lowest BCUT2D eigenvalue weighted by Gasteiger charge is -2.26. The molecule has 1 aliphatic heterocycles. The lowest BCUT2D eigenvalue weighted by Crippen LogP contribution is -2.38. The molecule has 1 fully saturated rings. The van der Waals surface area contributed by atoms with Crippen LogP contribution in [-0.4, -0.2) is 61.6 Å². The zero-order chi connectivity index (χ0) is 23.8. The Morgan fingerprint density at radius 3 is 2.70 bits per heavy atom. The van der Waals surface area contributed by atoms with Crippen LogP contribution in [0.5, 0.6) is 5.75 Å². The molecule has 0 saturated carbocycles. The predicted molar refractivity (Wildman–Crippen MR) is 132 cm³/mol. The fraction of sp³-hybridized carbons (Fsp3) is 0.480. The van der Waals surface area contributed by atoms with E-state index in [0.29, 0.717) is 24.6 Å². The highest BCUT2D eigenvalue weighted by Gasteiger charge is 2.18. The summed E-state index contributed by atoms with van der Waals surface area (Å²) in [6, 6.07) is 6.05. The van der Waals surface area contributed by atoms with Crippen LogP contribution in [0.25, 0.3) is 16.5 Å². The summed E-state index contributed by atoms with van der Waals surface area (Å²) in [4.78, 5) is 14.1. The molecule has 3 N–H and O–H groups in total. The van der Waals surface area contributed by atoms with Gasteiger partial charge >= 0.3 is 6.09 Å². The van der Waals surface area contributed by atoms with Crippen LogP contribution in [-0.2, 0) is 16.0 Å². The molecule has 1 amide bonds. The maximum Gasteiger partial charge on any atom is 0.411 e. The van der Waals surface area contributed by atoms with Crippen LogP contribution in [0.15, 0.2) is 36.0 Å². The first kappa shape index (κ1) is 24.7. The number of anilines is 1. The van der Waals surface area contributed by atoms with Gasteiger partial charge in [-0.05, 0) is 51.5 Å². The molecular formula is C25H36N4O4. The van der Waals surface area contributed by atoms with Gasteiger partial charge in [0.1, 0.15) is 12.4 Å². The summed E-state index contributed by atoms with van der Waals surface area (Å²) in [5.74, 6) is 0.826. The van der Waals surface area contributed by atoms with Crippen LogP contribution in [0.3, 0.4) is 0 Å². The van der Waals surface area contributed by atoms with Crippen molar-refractivity contribution in [2.24, 2.45) is 0 Å². The Labute approximate surface area is 196 Å². The minimum absolute atomic E-state index is 0.323. The number of hydrogen-bond donors (Lipinski definition) is 2. The van der Waals surface area contributed by atoms with Gasteiger partial charge in [-0.2, -0.15) is 0 Å². The summed E-state index contributed by atoms with van der Waals surface area (Å²) < 4.78 is 18.6. The van der Waals surface area contributed by atoms with Crippen LogP contribution in [0.4, 0.5) is 10.5 Å². The Morgan fingerprint density at radius 1 is 1.27 bits per heavy atom. The molecule has 8 nitrogen and oxygen atoms in total. The lowest BCUT2D eigenvalue weighted by atomic mass is 10.1. The van der Waals surface area contributed by atoms with Crippen molar-refractivity contribution < 1.29 is 19.0 Å². The van der Waals surface area contributed by atoms with Gasteiger partial charge in [0.15, 0.2) is 0 Å². The minimum Gasteiger partial charge on any atom is -0.492 e. The Bertz CT molecular complexity index is 1020. The van der Waals surface area contributed by atoms with Crippen molar-refractivity contribution in [2.75, 3.05) is 51.8 Å². The molecule has 3 rings (SSSR count). The van der Waals surface area contributed by atoms with Gasteiger partial charge in [0.2, 0.25) is 0 Å². The number of carbonyl (C=O) groups is 1. The van der Waals surface area contributed by atoms with Crippen LogP contribution < -0.4 is 15.8 Å². The van der Waals surface area contributed by atoms with Gasteiger partial charge in [-0.25, -0.2) is 4.79 Å². The molecule has 0 bridgehead atoms. The number of nitrogens with zero attached hydrogens (tertiary/aromatic N) is 2. The molecule has 33 heavy (non-hydrogen) atoms. The average Bonchev–Trinajstić information content (AvgIpc) is 3.09. The van der Waals surface area contributed by atoms with Gasteiger partial charge in [0.05, 0.1) is 36.7 Å². The third-order valence-corrected chi connectivity index (χ3v) is 5.70. The number of nitrogen functional groups attached to an aromatic ring is 1. The van der Waals surface area contributed by atoms with Gasteiger partial charge in [-0.3, -0.25) is 10.2 Å². The van der Waals surface area contributed by atoms with Gasteiger partial charge in [-0.1, -0.05) is 6.08 Å². The van der Waals surface area contributed by atoms with E-state index in [4.69, 9.17) is 19.9 Å². The molecule has 2 heterocycles. The predicted octanol–water partition coefficient (Wildman–Crippen LogP) is 4.01. The fourth-order valence-electron chi connectivity index (χ4n) is 4.09. The van der Waals surface area contributed by atoms with E-state index in [1.54, 1.807) is 6.92 Å². The van der Waals surface area contributed by atoms with Crippen molar-refractivity contribution in [2.45, 2.75) is 34.2 Å². The van der Waals surface area contributed by atoms with Gasteiger partial charge in [0.25, 0.3) is 0 Å². The van der Waals surface area contributed by atoms with E-state index < -0.39 is 6.09 Å². The summed E-state index contributed by atoms with van der Waals surface area (Å²) in [5.41, 5.74) is 10.9. The number of ether oxygens (including phenoxy) is 3. The van der Waals surface area contributed by atoms with Gasteiger partial charge in [0, 0.05) is 43.3 Å². The zero-order valence-corrected chi connectivity index (χ0v) is 20.1. The normalized spacial score (nSPS) is 15.6. The standard InChI is InChI=1S/C25H36N4O4/c1-5-19(16-18(4)27-25(30)32-7-3)24-23(26)21-9-8-20(17-22(21)29(24)6-2)33-15-12-28-10-13-31-14-11-28/h5,8-9,16-17H,6-7,10-15,26H2,1-4H3,(H,27,30)/b18-16+,19-5+. The highest BCUT2D eigenvalue weighted by molar-refractivity contribution is 6.00. The largest absolute Gasteiger partial charge is 0.492 e. The number of allylic oxidation sites excluding steroid dienone is 4. The molecule has 180 valence electrons. The van der Waals surface area contributed by atoms with Crippen molar-refractivity contribution in [1.82, 2.24) is 14.8 Å². The molecule has 2 aromatic rings. The van der Waals surface area contributed by atoms with E-state index in [1.165, 1.54) is 0 Å². The Balaban J connectivity index is 1.83. The molecule has 0 unspecified atom stereocenters. The van der Waals surface area contributed by atoms with Crippen molar-refractivity contribution in [3.05, 3.63) is 41.7 Å². The number of rotatable bonds is 9. The second kappa shape index (κ2) is 11.8. The number of carbonyl (C=O) groups excluding carboxylic acids is 1. The Hall–Kier alpha value is -2.97. The molecule has 1 aliphatic rings. The highest BCUT2D eigenvalue weighted by atomic mass is 16.5. The molecule has 0 spiro atoms. The fourth-order valence-corrected chi connectivity index (χ4v) is 4.09. The number of hydrogen-bond acceptors (Lipinski definition) is 6. The average molecular weight is 457 g/mol. The van der Waals surface area contributed by atoms with Crippen LogP contribution >= 0.6 is 0 Å². The third kappa shape index (κ3) is 6.09. The van der Waals surface area contributed by atoms with Gasteiger partial charge in [-0.15, -0.1) is 0 Å². The first-order valence-corrected chi connectivity index (χ1v) is 11.6. The highest BCUT2D eigenvalue weighted by Crippen LogP contribution is 2.36. The maximum atomic E-state index is 11.8. The summed E-state index contributed by atoms with van der Waals surface area (Å²) in [6.07, 6.45) is 3.44. The SMILES string of the molecule is C/C=C(\C=C(/C)NC(=O)OCC)c1c(N)c2ccc(OCCN3CCOCC3)cc2n1CC. The molecule has 1 aromatic carbocycles. The second-order valence-electron chi connectivity index (χ2n) is 7.90. The molecule has 0 aliphatic carbocycles. The van der Waals surface area contributed by atoms with Crippen molar-refractivity contribution in [3.8, 4) is 5.75 Å². The van der Waals surface area contributed by atoms with E-state index >= 15 is 0 Å². The van der Waals surface area contributed by atoms with Crippen LogP contribution in [0.1, 0.15) is 33.4 Å². The summed E-state index contributed by atoms with van der Waals surface area (Å²) >= 11 is 0. The number of benzene rings is 1. The molecule has 1 aromatic heterocycles. The zero-order valence-electron chi connectivity index (χ0n) is 20.1. The molecule has 0 radical (unpaired) electrons. The summed E-state index contributed by atoms with van der Waals surface area (Å²) in [5, 5.41) is 3.73. The summed E-state index contributed by atoms with van der Waals surface area (Å²) in [6.45, 7) is 13.7.